The number of hydrogen-bond donors (Lipinski definition) is 1. The maximum absolute atomic E-state index is 12.9. The van der Waals surface area contributed by atoms with E-state index in [9.17, 15) is 4.79 Å². The zero-order valence-corrected chi connectivity index (χ0v) is 15.2. The van der Waals surface area contributed by atoms with Crippen molar-refractivity contribution in [2.45, 2.75) is 13.8 Å². The van der Waals surface area contributed by atoms with Crippen molar-refractivity contribution < 1.29 is 4.79 Å². The molecule has 4 rings (SSSR count). The van der Waals surface area contributed by atoms with Gasteiger partial charge in [0.05, 0.1) is 11.3 Å². The van der Waals surface area contributed by atoms with Crippen LogP contribution in [-0.4, -0.2) is 25.2 Å². The predicted octanol–water partition coefficient (Wildman–Crippen LogP) is 3.99. The summed E-state index contributed by atoms with van der Waals surface area (Å²) in [6, 6.07) is 11.4. The van der Waals surface area contributed by atoms with Crippen LogP contribution >= 0.6 is 11.3 Å². The van der Waals surface area contributed by atoms with Gasteiger partial charge in [0.1, 0.15) is 17.7 Å². The number of amides is 1. The Morgan fingerprint density at radius 1 is 1.12 bits per heavy atom. The van der Waals surface area contributed by atoms with Crippen molar-refractivity contribution in [3.63, 3.8) is 0 Å². The summed E-state index contributed by atoms with van der Waals surface area (Å²) in [5.41, 5.74) is 3.34. The normalized spacial score (nSPS) is 10.8. The van der Waals surface area contributed by atoms with Crippen LogP contribution in [0.25, 0.3) is 10.7 Å². The van der Waals surface area contributed by atoms with Gasteiger partial charge in [-0.1, -0.05) is 0 Å². The lowest BCUT2D eigenvalue weighted by Crippen LogP contribution is -2.14. The Morgan fingerprint density at radius 3 is 2.50 bits per heavy atom. The van der Waals surface area contributed by atoms with Crippen LogP contribution < -0.4 is 5.32 Å². The molecule has 0 atom stereocenters. The van der Waals surface area contributed by atoms with Crippen molar-refractivity contribution in [3.8, 4) is 10.7 Å². The first-order valence-electron chi connectivity index (χ1n) is 8.13. The summed E-state index contributed by atoms with van der Waals surface area (Å²) in [5, 5.41) is 8.02. The lowest BCUT2D eigenvalue weighted by atomic mass is 10.1. The Hall–Kier alpha value is -3.19. The molecule has 0 saturated carbocycles. The fraction of sp³-hybridized carbons (Fsp3) is 0.105. The molecule has 0 radical (unpaired) electrons. The number of rotatable bonds is 4. The van der Waals surface area contributed by atoms with Gasteiger partial charge in [-0.05, 0) is 55.8 Å². The minimum Gasteiger partial charge on any atom is -0.322 e. The highest BCUT2D eigenvalue weighted by Crippen LogP contribution is 2.31. The Labute approximate surface area is 154 Å². The van der Waals surface area contributed by atoms with E-state index < -0.39 is 0 Å². The molecule has 0 aliphatic heterocycles. The van der Waals surface area contributed by atoms with Crippen LogP contribution in [0.4, 0.5) is 5.69 Å². The van der Waals surface area contributed by atoms with Crippen LogP contribution in [-0.2, 0) is 0 Å². The number of carbonyl (C=O) groups is 1. The molecule has 0 spiro atoms. The molecule has 1 amide bonds. The number of aryl methyl sites for hydroxylation is 1. The minimum absolute atomic E-state index is 0.107. The standard InChI is InChI=1S/C19H17N5OS/c1-13-14(2)26-19(23-9-3-4-10-23)17(13)18(25)22-15-5-7-16(8-6-15)24-12-20-11-21-24/h3-12H,1-2H3,(H,22,25). The van der Waals surface area contributed by atoms with E-state index in [1.54, 1.807) is 22.3 Å². The molecule has 4 aromatic rings. The summed E-state index contributed by atoms with van der Waals surface area (Å²) in [6.45, 7) is 4.03. The first kappa shape index (κ1) is 16.3. The Balaban J connectivity index is 1.61. The topological polar surface area (TPSA) is 64.7 Å². The number of aromatic nitrogens is 4. The van der Waals surface area contributed by atoms with Gasteiger partial charge in [-0.25, -0.2) is 9.67 Å². The smallest absolute Gasteiger partial charge is 0.258 e. The fourth-order valence-electron chi connectivity index (χ4n) is 2.76. The van der Waals surface area contributed by atoms with Gasteiger partial charge in [0.15, 0.2) is 0 Å². The second-order valence-corrected chi connectivity index (χ2v) is 7.10. The van der Waals surface area contributed by atoms with Gasteiger partial charge in [0.25, 0.3) is 5.91 Å². The largest absolute Gasteiger partial charge is 0.322 e. The number of thiophene rings is 1. The summed E-state index contributed by atoms with van der Waals surface area (Å²) in [7, 11) is 0. The molecule has 0 aliphatic rings. The number of nitrogens with one attached hydrogen (secondary N) is 1. The number of carbonyl (C=O) groups excluding carboxylic acids is 1. The van der Waals surface area contributed by atoms with E-state index in [2.05, 4.69) is 15.4 Å². The summed E-state index contributed by atoms with van der Waals surface area (Å²) in [5.74, 6) is -0.107. The van der Waals surface area contributed by atoms with Crippen molar-refractivity contribution in [3.05, 3.63) is 77.5 Å². The van der Waals surface area contributed by atoms with E-state index >= 15 is 0 Å². The average molecular weight is 363 g/mol. The Morgan fingerprint density at radius 2 is 1.85 bits per heavy atom. The van der Waals surface area contributed by atoms with Crippen LogP contribution in [0.2, 0.25) is 0 Å². The number of nitrogens with zero attached hydrogens (tertiary/aromatic N) is 4. The molecule has 0 bridgehead atoms. The van der Waals surface area contributed by atoms with E-state index in [-0.39, 0.29) is 5.91 Å². The minimum atomic E-state index is -0.107. The van der Waals surface area contributed by atoms with Crippen LogP contribution in [0, 0.1) is 13.8 Å². The van der Waals surface area contributed by atoms with Gasteiger partial charge in [0, 0.05) is 23.0 Å². The van der Waals surface area contributed by atoms with Crippen molar-refractivity contribution in [2.75, 3.05) is 5.32 Å². The van der Waals surface area contributed by atoms with Crippen LogP contribution in [0.5, 0.6) is 0 Å². The third-order valence-corrected chi connectivity index (χ3v) is 5.46. The molecule has 1 aromatic carbocycles. The summed E-state index contributed by atoms with van der Waals surface area (Å²) in [4.78, 5) is 18.0. The Kier molecular flexibility index (Phi) is 4.14. The van der Waals surface area contributed by atoms with E-state index in [1.165, 1.54) is 6.33 Å². The zero-order chi connectivity index (χ0) is 18.1. The monoisotopic (exact) mass is 363 g/mol. The number of anilines is 1. The Bertz CT molecular complexity index is 1030. The number of benzene rings is 1. The van der Waals surface area contributed by atoms with E-state index in [1.807, 2.05) is 67.2 Å². The molecule has 0 aliphatic carbocycles. The lowest BCUT2D eigenvalue weighted by molar-refractivity contribution is 0.102. The average Bonchev–Trinajstić information content (AvgIpc) is 3.38. The third-order valence-electron chi connectivity index (χ3n) is 4.24. The van der Waals surface area contributed by atoms with Gasteiger partial charge in [-0.15, -0.1) is 11.3 Å². The first-order valence-corrected chi connectivity index (χ1v) is 8.95. The lowest BCUT2D eigenvalue weighted by Gasteiger charge is -2.09. The van der Waals surface area contributed by atoms with E-state index in [4.69, 9.17) is 0 Å². The molecule has 7 heteroatoms. The summed E-state index contributed by atoms with van der Waals surface area (Å²) >= 11 is 1.62. The van der Waals surface area contributed by atoms with Gasteiger partial charge in [0.2, 0.25) is 0 Å². The van der Waals surface area contributed by atoms with Crippen molar-refractivity contribution in [1.82, 2.24) is 19.3 Å². The van der Waals surface area contributed by atoms with Crippen molar-refractivity contribution in [1.29, 1.82) is 0 Å². The molecule has 3 heterocycles. The first-order chi connectivity index (χ1) is 12.6. The maximum Gasteiger partial charge on any atom is 0.258 e. The van der Waals surface area contributed by atoms with Gasteiger partial charge < -0.3 is 9.88 Å². The van der Waals surface area contributed by atoms with Gasteiger partial charge in [-0.2, -0.15) is 5.10 Å². The molecule has 0 fully saturated rings. The zero-order valence-electron chi connectivity index (χ0n) is 14.4. The highest BCUT2D eigenvalue weighted by Gasteiger charge is 2.20. The molecule has 0 saturated heterocycles. The van der Waals surface area contributed by atoms with Crippen LogP contribution in [0.1, 0.15) is 20.8 Å². The second kappa shape index (κ2) is 6.61. The van der Waals surface area contributed by atoms with Crippen LogP contribution in [0.3, 0.4) is 0 Å². The maximum atomic E-state index is 12.9. The molecular formula is C19H17N5OS. The highest BCUT2D eigenvalue weighted by atomic mass is 32.1. The second-order valence-electron chi connectivity index (χ2n) is 5.89. The number of hydrogen-bond acceptors (Lipinski definition) is 4. The van der Waals surface area contributed by atoms with Crippen LogP contribution in [0.15, 0.2) is 61.4 Å². The quantitative estimate of drug-likeness (QED) is 0.596. The molecule has 3 aromatic heterocycles. The van der Waals surface area contributed by atoms with Crippen molar-refractivity contribution in [2.24, 2.45) is 0 Å². The van der Waals surface area contributed by atoms with Gasteiger partial charge in [-0.3, -0.25) is 4.79 Å². The van der Waals surface area contributed by atoms with Gasteiger partial charge >= 0.3 is 0 Å². The highest BCUT2D eigenvalue weighted by molar-refractivity contribution is 7.15. The summed E-state index contributed by atoms with van der Waals surface area (Å²) in [6.07, 6.45) is 7.03. The molecule has 6 nitrogen and oxygen atoms in total. The molecule has 1 N–H and O–H groups in total. The van der Waals surface area contributed by atoms with E-state index in [0.717, 1.165) is 26.8 Å². The third kappa shape index (κ3) is 2.93. The molecule has 26 heavy (non-hydrogen) atoms. The molecular weight excluding hydrogens is 346 g/mol. The fourth-order valence-corrected chi connectivity index (χ4v) is 3.88. The molecule has 0 unspecified atom stereocenters. The van der Waals surface area contributed by atoms with E-state index in [0.29, 0.717) is 5.56 Å². The summed E-state index contributed by atoms with van der Waals surface area (Å²) < 4.78 is 3.65. The SMILES string of the molecule is Cc1sc(-n2cccc2)c(C(=O)Nc2ccc(-n3cncn3)cc2)c1C. The molecule has 130 valence electrons. The van der Waals surface area contributed by atoms with Crippen molar-refractivity contribution >= 4 is 22.9 Å². The predicted molar refractivity (Wildman–Crippen MR) is 102 cm³/mol.